The molecule has 3 nitrogen and oxygen atoms in total. The van der Waals surface area contributed by atoms with E-state index in [9.17, 15) is 0 Å². The zero-order valence-electron chi connectivity index (χ0n) is 9.35. The normalized spacial score (nSPS) is 10.3. The summed E-state index contributed by atoms with van der Waals surface area (Å²) in [5.74, 6) is 1.32. The molecule has 1 aromatic carbocycles. The molecule has 0 amide bonds. The molecule has 0 aliphatic heterocycles. The summed E-state index contributed by atoms with van der Waals surface area (Å²) in [5.41, 5.74) is 1.60. The third-order valence-electron chi connectivity index (χ3n) is 2.39. The van der Waals surface area contributed by atoms with Crippen molar-refractivity contribution in [1.82, 2.24) is 4.98 Å². The molecule has 17 heavy (non-hydrogen) atoms. The van der Waals surface area contributed by atoms with Crippen LogP contribution >= 0.6 is 11.6 Å². The Morgan fingerprint density at radius 3 is 2.82 bits per heavy atom. The van der Waals surface area contributed by atoms with Crippen LogP contribution in [0.5, 0.6) is 11.5 Å². The lowest BCUT2D eigenvalue weighted by Crippen LogP contribution is -1.93. The van der Waals surface area contributed by atoms with Crippen molar-refractivity contribution in [2.24, 2.45) is 0 Å². The maximum absolute atomic E-state index is 9.17. The van der Waals surface area contributed by atoms with Gasteiger partial charge in [0.2, 0.25) is 0 Å². The fourth-order valence-electron chi connectivity index (χ4n) is 1.48. The second kappa shape index (κ2) is 5.17. The van der Waals surface area contributed by atoms with Gasteiger partial charge in [0, 0.05) is 23.0 Å². The van der Waals surface area contributed by atoms with Crippen LogP contribution in [-0.4, -0.2) is 10.1 Å². The summed E-state index contributed by atoms with van der Waals surface area (Å²) in [7, 11) is 0. The molecule has 0 saturated heterocycles. The van der Waals surface area contributed by atoms with Gasteiger partial charge in [0.15, 0.2) is 0 Å². The minimum Gasteiger partial charge on any atom is -0.457 e. The fourth-order valence-corrected chi connectivity index (χ4v) is 1.71. The van der Waals surface area contributed by atoms with Gasteiger partial charge in [0.05, 0.1) is 6.61 Å². The molecule has 1 N–H and O–H groups in total. The van der Waals surface area contributed by atoms with Crippen LogP contribution in [0.2, 0.25) is 5.02 Å². The number of rotatable bonds is 3. The molecule has 0 aliphatic carbocycles. The van der Waals surface area contributed by atoms with Gasteiger partial charge < -0.3 is 9.84 Å². The fraction of sp³-hybridized carbons (Fsp3) is 0.154. The number of nitrogens with zero attached hydrogens (tertiary/aromatic N) is 1. The molecule has 88 valence electrons. The van der Waals surface area contributed by atoms with E-state index in [0.29, 0.717) is 16.3 Å². The number of pyridine rings is 1. The number of aliphatic hydroxyl groups excluding tert-OH is 1. The number of ether oxygens (including phenoxy) is 1. The minimum absolute atomic E-state index is 0.101. The van der Waals surface area contributed by atoms with E-state index < -0.39 is 0 Å². The van der Waals surface area contributed by atoms with Gasteiger partial charge in [0.1, 0.15) is 11.5 Å². The van der Waals surface area contributed by atoms with E-state index in [2.05, 4.69) is 4.98 Å². The van der Waals surface area contributed by atoms with Crippen molar-refractivity contribution in [2.75, 3.05) is 0 Å². The van der Waals surface area contributed by atoms with Crippen LogP contribution in [0.25, 0.3) is 0 Å². The Balaban J connectivity index is 2.31. The molecule has 1 aromatic heterocycles. The van der Waals surface area contributed by atoms with Crippen molar-refractivity contribution in [1.29, 1.82) is 0 Å². The van der Waals surface area contributed by atoms with Gasteiger partial charge in [-0.1, -0.05) is 11.6 Å². The van der Waals surface area contributed by atoms with E-state index in [1.165, 1.54) is 0 Å². The standard InChI is InChI=1S/C13H12ClNO2/c1-9-6-11(14)2-3-12(9)17-13-4-5-15-7-10(13)8-16/h2-7,16H,8H2,1H3. The molecule has 0 spiro atoms. The number of aromatic nitrogens is 1. The first-order valence-electron chi connectivity index (χ1n) is 5.18. The van der Waals surface area contributed by atoms with Crippen LogP contribution in [0, 0.1) is 6.92 Å². The molecule has 0 fully saturated rings. The highest BCUT2D eigenvalue weighted by atomic mass is 35.5. The number of aliphatic hydroxyl groups is 1. The average Bonchev–Trinajstić information content (AvgIpc) is 2.33. The second-order valence-electron chi connectivity index (χ2n) is 3.65. The molecular weight excluding hydrogens is 238 g/mol. The molecule has 0 aliphatic rings. The third-order valence-corrected chi connectivity index (χ3v) is 2.62. The van der Waals surface area contributed by atoms with Gasteiger partial charge in [-0.25, -0.2) is 0 Å². The Hall–Kier alpha value is -1.58. The lowest BCUT2D eigenvalue weighted by Gasteiger charge is -2.11. The predicted octanol–water partition coefficient (Wildman–Crippen LogP) is 3.33. The van der Waals surface area contributed by atoms with Crippen molar-refractivity contribution in [3.63, 3.8) is 0 Å². The van der Waals surface area contributed by atoms with Crippen LogP contribution in [0.3, 0.4) is 0 Å². The first kappa shape index (κ1) is 11.9. The number of aryl methyl sites for hydroxylation is 1. The first-order valence-corrected chi connectivity index (χ1v) is 5.56. The van der Waals surface area contributed by atoms with Gasteiger partial charge in [0.25, 0.3) is 0 Å². The van der Waals surface area contributed by atoms with E-state index >= 15 is 0 Å². The zero-order valence-corrected chi connectivity index (χ0v) is 10.1. The third kappa shape index (κ3) is 2.75. The summed E-state index contributed by atoms with van der Waals surface area (Å²) >= 11 is 5.87. The van der Waals surface area contributed by atoms with E-state index in [-0.39, 0.29) is 6.61 Å². The van der Waals surface area contributed by atoms with Gasteiger partial charge in [-0.2, -0.15) is 0 Å². The summed E-state index contributed by atoms with van der Waals surface area (Å²) < 4.78 is 5.73. The summed E-state index contributed by atoms with van der Waals surface area (Å²) in [6.45, 7) is 1.82. The SMILES string of the molecule is Cc1cc(Cl)ccc1Oc1ccncc1CO. The highest BCUT2D eigenvalue weighted by Gasteiger charge is 2.06. The van der Waals surface area contributed by atoms with Crippen molar-refractivity contribution < 1.29 is 9.84 Å². The molecule has 0 atom stereocenters. The molecule has 1 heterocycles. The number of hydrogen-bond acceptors (Lipinski definition) is 3. The Bertz CT molecular complexity index is 529. The lowest BCUT2D eigenvalue weighted by atomic mass is 10.2. The van der Waals surface area contributed by atoms with E-state index in [0.717, 1.165) is 11.3 Å². The quantitative estimate of drug-likeness (QED) is 0.907. The van der Waals surface area contributed by atoms with E-state index in [4.69, 9.17) is 21.4 Å². The van der Waals surface area contributed by atoms with Crippen LogP contribution in [0.4, 0.5) is 0 Å². The summed E-state index contributed by atoms with van der Waals surface area (Å²) in [6, 6.07) is 7.12. The molecule has 0 radical (unpaired) electrons. The predicted molar refractivity (Wildman–Crippen MR) is 66.4 cm³/mol. The lowest BCUT2D eigenvalue weighted by molar-refractivity contribution is 0.276. The van der Waals surface area contributed by atoms with E-state index in [1.807, 2.05) is 13.0 Å². The van der Waals surface area contributed by atoms with Gasteiger partial charge in [-0.05, 0) is 36.8 Å². The summed E-state index contributed by atoms with van der Waals surface area (Å²) in [4.78, 5) is 3.93. The van der Waals surface area contributed by atoms with Gasteiger partial charge in [-0.3, -0.25) is 4.98 Å². The monoisotopic (exact) mass is 249 g/mol. The molecule has 2 rings (SSSR count). The van der Waals surface area contributed by atoms with Gasteiger partial charge in [-0.15, -0.1) is 0 Å². The van der Waals surface area contributed by atoms with Gasteiger partial charge >= 0.3 is 0 Å². The topological polar surface area (TPSA) is 42.4 Å². The number of halogens is 1. The molecule has 0 saturated carbocycles. The Morgan fingerprint density at radius 2 is 2.12 bits per heavy atom. The van der Waals surface area contributed by atoms with Crippen LogP contribution in [-0.2, 0) is 6.61 Å². The smallest absolute Gasteiger partial charge is 0.136 e. The molecule has 0 bridgehead atoms. The number of hydrogen-bond donors (Lipinski definition) is 1. The molecule has 0 unspecified atom stereocenters. The van der Waals surface area contributed by atoms with Crippen LogP contribution < -0.4 is 4.74 Å². The Labute approximate surface area is 105 Å². The Morgan fingerprint density at radius 1 is 1.29 bits per heavy atom. The summed E-state index contributed by atoms with van der Waals surface area (Å²) in [6.07, 6.45) is 3.21. The maximum Gasteiger partial charge on any atom is 0.136 e. The van der Waals surface area contributed by atoms with Crippen molar-refractivity contribution in [3.05, 3.63) is 52.8 Å². The Kier molecular flexibility index (Phi) is 3.61. The minimum atomic E-state index is -0.101. The van der Waals surface area contributed by atoms with Crippen molar-refractivity contribution >= 4 is 11.6 Å². The molecule has 2 aromatic rings. The largest absolute Gasteiger partial charge is 0.457 e. The van der Waals surface area contributed by atoms with Crippen molar-refractivity contribution in [3.8, 4) is 11.5 Å². The van der Waals surface area contributed by atoms with Crippen LogP contribution in [0.15, 0.2) is 36.7 Å². The first-order chi connectivity index (χ1) is 8.20. The van der Waals surface area contributed by atoms with Crippen LogP contribution in [0.1, 0.15) is 11.1 Å². The molecule has 4 heteroatoms. The highest BCUT2D eigenvalue weighted by Crippen LogP contribution is 2.28. The molecular formula is C13H12ClNO2. The maximum atomic E-state index is 9.17. The van der Waals surface area contributed by atoms with Crippen molar-refractivity contribution in [2.45, 2.75) is 13.5 Å². The highest BCUT2D eigenvalue weighted by molar-refractivity contribution is 6.30. The summed E-state index contributed by atoms with van der Waals surface area (Å²) in [5, 5.41) is 9.84. The average molecular weight is 250 g/mol. The zero-order chi connectivity index (χ0) is 12.3. The second-order valence-corrected chi connectivity index (χ2v) is 4.09. The number of benzene rings is 1. The van der Waals surface area contributed by atoms with E-state index in [1.54, 1.807) is 30.6 Å².